The Morgan fingerprint density at radius 3 is 2.07 bits per heavy atom. The first-order chi connectivity index (χ1) is 6.33. The maximum atomic E-state index is 11.8. The van der Waals surface area contributed by atoms with Gasteiger partial charge in [-0.1, -0.05) is 13.3 Å². The molecule has 0 aliphatic heterocycles. The van der Waals surface area contributed by atoms with Gasteiger partial charge >= 0.3 is 6.18 Å². The molecule has 0 radical (unpaired) electrons. The summed E-state index contributed by atoms with van der Waals surface area (Å²) in [5.41, 5.74) is 4.20. The number of hydrogen-bond donors (Lipinski definition) is 2. The lowest BCUT2D eigenvalue weighted by Crippen LogP contribution is -2.37. The van der Waals surface area contributed by atoms with Crippen molar-refractivity contribution < 1.29 is 18.3 Å². The minimum atomic E-state index is -4.14. The third-order valence-corrected chi connectivity index (χ3v) is 2.20. The van der Waals surface area contributed by atoms with Crippen LogP contribution in [0.1, 0.15) is 39.0 Å². The molecule has 1 atom stereocenters. The summed E-state index contributed by atoms with van der Waals surface area (Å²) >= 11 is 0. The van der Waals surface area contributed by atoms with Gasteiger partial charge in [-0.25, -0.2) is 0 Å². The van der Waals surface area contributed by atoms with Gasteiger partial charge in [-0.2, -0.15) is 13.2 Å². The minimum absolute atomic E-state index is 0.0265. The van der Waals surface area contributed by atoms with Gasteiger partial charge in [-0.3, -0.25) is 0 Å². The number of aliphatic hydroxyl groups is 1. The van der Waals surface area contributed by atoms with E-state index in [1.807, 2.05) is 6.92 Å². The lowest BCUT2D eigenvalue weighted by molar-refractivity contribution is -0.137. The molecule has 5 heteroatoms. The minimum Gasteiger partial charge on any atom is -0.389 e. The van der Waals surface area contributed by atoms with E-state index < -0.39 is 18.2 Å². The van der Waals surface area contributed by atoms with Crippen LogP contribution in [-0.4, -0.2) is 23.4 Å². The Balaban J connectivity index is 3.84. The molecule has 1 unspecified atom stereocenters. The van der Waals surface area contributed by atoms with Crippen LogP contribution in [0.4, 0.5) is 13.2 Å². The van der Waals surface area contributed by atoms with Crippen molar-refractivity contribution >= 4 is 0 Å². The van der Waals surface area contributed by atoms with Gasteiger partial charge in [0.2, 0.25) is 0 Å². The molecule has 0 aliphatic rings. The van der Waals surface area contributed by atoms with Crippen LogP contribution in [0.25, 0.3) is 0 Å². The van der Waals surface area contributed by atoms with Crippen molar-refractivity contribution in [3.63, 3.8) is 0 Å². The molecule has 0 aliphatic carbocycles. The van der Waals surface area contributed by atoms with Crippen molar-refractivity contribution in [2.24, 2.45) is 5.73 Å². The highest BCUT2D eigenvalue weighted by Crippen LogP contribution is 2.26. The summed E-state index contributed by atoms with van der Waals surface area (Å²) in [6.45, 7) is 1.89. The lowest BCUT2D eigenvalue weighted by Gasteiger charge is -2.26. The zero-order valence-electron chi connectivity index (χ0n) is 8.40. The molecule has 14 heavy (non-hydrogen) atoms. The summed E-state index contributed by atoms with van der Waals surface area (Å²) in [7, 11) is 0. The first-order valence-corrected chi connectivity index (χ1v) is 4.82. The van der Waals surface area contributed by atoms with E-state index in [9.17, 15) is 18.3 Å². The molecule has 0 saturated heterocycles. The summed E-state index contributed by atoms with van der Waals surface area (Å²) < 4.78 is 35.4. The third kappa shape index (κ3) is 6.21. The van der Waals surface area contributed by atoms with Gasteiger partial charge in [0.15, 0.2) is 0 Å². The van der Waals surface area contributed by atoms with Crippen LogP contribution in [-0.2, 0) is 0 Å². The molecule has 3 N–H and O–H groups in total. The van der Waals surface area contributed by atoms with Gasteiger partial charge < -0.3 is 10.8 Å². The van der Waals surface area contributed by atoms with E-state index in [1.165, 1.54) is 0 Å². The predicted molar refractivity (Wildman–Crippen MR) is 48.8 cm³/mol. The number of alkyl halides is 3. The van der Waals surface area contributed by atoms with Crippen LogP contribution >= 0.6 is 0 Å². The molecule has 0 saturated carbocycles. The molecule has 0 bridgehead atoms. The second-order valence-electron chi connectivity index (χ2n) is 3.65. The molecular formula is C9H18F3NO. The SMILES string of the molecule is CCCC(O)(CN)CCCC(F)(F)F. The Kier molecular flexibility index (Phi) is 5.44. The van der Waals surface area contributed by atoms with Crippen molar-refractivity contribution in [3.05, 3.63) is 0 Å². The largest absolute Gasteiger partial charge is 0.389 e. The first kappa shape index (κ1) is 13.7. The van der Waals surface area contributed by atoms with Crippen LogP contribution < -0.4 is 5.73 Å². The topological polar surface area (TPSA) is 46.2 Å². The van der Waals surface area contributed by atoms with Crippen molar-refractivity contribution in [1.29, 1.82) is 0 Å². The zero-order chi connectivity index (χ0) is 11.2. The number of rotatable bonds is 6. The van der Waals surface area contributed by atoms with E-state index in [-0.39, 0.29) is 19.4 Å². The van der Waals surface area contributed by atoms with E-state index in [2.05, 4.69) is 0 Å². The summed E-state index contributed by atoms with van der Waals surface area (Å²) in [6, 6.07) is 0. The summed E-state index contributed by atoms with van der Waals surface area (Å²) in [5, 5.41) is 9.72. The highest BCUT2D eigenvalue weighted by atomic mass is 19.4. The maximum Gasteiger partial charge on any atom is 0.389 e. The van der Waals surface area contributed by atoms with Gasteiger partial charge in [-0.05, 0) is 19.3 Å². The molecule has 0 heterocycles. The van der Waals surface area contributed by atoms with E-state index in [1.54, 1.807) is 0 Å². The smallest absolute Gasteiger partial charge is 0.389 e. The summed E-state index contributed by atoms with van der Waals surface area (Å²) in [5.74, 6) is 0. The Morgan fingerprint density at radius 2 is 1.71 bits per heavy atom. The van der Waals surface area contributed by atoms with Crippen LogP contribution in [0.5, 0.6) is 0 Å². The maximum absolute atomic E-state index is 11.8. The van der Waals surface area contributed by atoms with Crippen molar-refractivity contribution in [3.8, 4) is 0 Å². The lowest BCUT2D eigenvalue weighted by atomic mass is 9.92. The van der Waals surface area contributed by atoms with Crippen molar-refractivity contribution in [2.45, 2.75) is 50.8 Å². The fourth-order valence-corrected chi connectivity index (χ4v) is 1.41. The third-order valence-electron chi connectivity index (χ3n) is 2.20. The van der Waals surface area contributed by atoms with Crippen LogP contribution in [0.2, 0.25) is 0 Å². The summed E-state index contributed by atoms with van der Waals surface area (Å²) in [4.78, 5) is 0. The molecular weight excluding hydrogens is 195 g/mol. The summed E-state index contributed by atoms with van der Waals surface area (Å²) in [6.07, 6.45) is -3.74. The van der Waals surface area contributed by atoms with Gasteiger partial charge in [0.1, 0.15) is 0 Å². The van der Waals surface area contributed by atoms with Crippen LogP contribution in [0.15, 0.2) is 0 Å². The average Bonchev–Trinajstić information content (AvgIpc) is 2.02. The van der Waals surface area contributed by atoms with Crippen molar-refractivity contribution in [1.82, 2.24) is 0 Å². The first-order valence-electron chi connectivity index (χ1n) is 4.82. The fourth-order valence-electron chi connectivity index (χ4n) is 1.41. The second-order valence-corrected chi connectivity index (χ2v) is 3.65. The molecule has 0 rings (SSSR count). The Hall–Kier alpha value is -0.290. The van der Waals surface area contributed by atoms with E-state index in [4.69, 9.17) is 5.73 Å². The molecule has 2 nitrogen and oxygen atoms in total. The molecule has 0 aromatic heterocycles. The quantitative estimate of drug-likeness (QED) is 0.710. The van der Waals surface area contributed by atoms with Gasteiger partial charge in [0, 0.05) is 13.0 Å². The van der Waals surface area contributed by atoms with E-state index in [0.717, 1.165) is 6.42 Å². The highest BCUT2D eigenvalue weighted by molar-refractivity contribution is 4.79. The Bertz CT molecular complexity index is 161. The Labute approximate surface area is 82.3 Å². The van der Waals surface area contributed by atoms with Crippen LogP contribution in [0, 0.1) is 0 Å². The molecule has 0 aromatic rings. The zero-order valence-corrected chi connectivity index (χ0v) is 8.40. The molecule has 0 amide bonds. The highest BCUT2D eigenvalue weighted by Gasteiger charge is 2.30. The molecule has 0 spiro atoms. The number of hydrogen-bond acceptors (Lipinski definition) is 2. The standard InChI is InChI=1S/C9H18F3NO/c1-2-4-8(14,7-13)5-3-6-9(10,11)12/h14H,2-7,13H2,1H3. The number of nitrogens with two attached hydrogens (primary N) is 1. The average molecular weight is 213 g/mol. The van der Waals surface area contributed by atoms with E-state index in [0.29, 0.717) is 6.42 Å². The van der Waals surface area contributed by atoms with Crippen LogP contribution in [0.3, 0.4) is 0 Å². The number of halogens is 3. The van der Waals surface area contributed by atoms with Gasteiger partial charge in [0.25, 0.3) is 0 Å². The predicted octanol–water partition coefficient (Wildman–Crippen LogP) is 2.21. The molecule has 86 valence electrons. The normalized spacial score (nSPS) is 16.7. The van der Waals surface area contributed by atoms with E-state index >= 15 is 0 Å². The fraction of sp³-hybridized carbons (Fsp3) is 1.00. The second kappa shape index (κ2) is 5.56. The van der Waals surface area contributed by atoms with Gasteiger partial charge in [-0.15, -0.1) is 0 Å². The van der Waals surface area contributed by atoms with Gasteiger partial charge in [0.05, 0.1) is 5.60 Å². The monoisotopic (exact) mass is 213 g/mol. The van der Waals surface area contributed by atoms with Crippen molar-refractivity contribution in [2.75, 3.05) is 6.54 Å². The molecule has 0 fully saturated rings. The molecule has 0 aromatic carbocycles. The Morgan fingerprint density at radius 1 is 1.14 bits per heavy atom.